The zero-order valence-corrected chi connectivity index (χ0v) is 16.1. The average molecular weight is 365 g/mol. The van der Waals surface area contributed by atoms with Crippen molar-refractivity contribution < 1.29 is 9.47 Å². The van der Waals surface area contributed by atoms with E-state index in [1.807, 2.05) is 12.1 Å². The van der Waals surface area contributed by atoms with Crippen molar-refractivity contribution in [2.45, 2.75) is 25.8 Å². The molecule has 1 saturated heterocycles. The predicted molar refractivity (Wildman–Crippen MR) is 107 cm³/mol. The molecule has 1 aliphatic heterocycles. The third kappa shape index (κ3) is 4.08. The first-order chi connectivity index (χ1) is 13.2. The van der Waals surface area contributed by atoms with E-state index in [0.717, 1.165) is 54.4 Å². The number of nitrogens with one attached hydrogen (secondary N) is 1. The number of imidazole rings is 1. The van der Waals surface area contributed by atoms with Crippen molar-refractivity contribution in [3.63, 3.8) is 0 Å². The maximum Gasteiger partial charge on any atom is 0.163 e. The zero-order chi connectivity index (χ0) is 18.6. The summed E-state index contributed by atoms with van der Waals surface area (Å²) in [6.45, 7) is 3.36. The molecule has 0 unspecified atom stereocenters. The van der Waals surface area contributed by atoms with Crippen LogP contribution in [0.4, 0.5) is 0 Å². The molecule has 0 bridgehead atoms. The number of ether oxygens (including phenoxy) is 2. The van der Waals surface area contributed by atoms with Gasteiger partial charge in [-0.15, -0.1) is 0 Å². The smallest absolute Gasteiger partial charge is 0.163 e. The lowest BCUT2D eigenvalue weighted by Crippen LogP contribution is -2.33. The van der Waals surface area contributed by atoms with E-state index >= 15 is 0 Å². The molecule has 1 fully saturated rings. The van der Waals surface area contributed by atoms with E-state index in [-0.39, 0.29) is 0 Å². The van der Waals surface area contributed by atoms with Crippen LogP contribution in [0.3, 0.4) is 0 Å². The van der Waals surface area contributed by atoms with Gasteiger partial charge >= 0.3 is 0 Å². The second kappa shape index (κ2) is 8.01. The summed E-state index contributed by atoms with van der Waals surface area (Å²) < 4.78 is 10.8. The summed E-state index contributed by atoms with van der Waals surface area (Å²) in [6.07, 6.45) is 3.44. The molecule has 1 N–H and O–H groups in total. The van der Waals surface area contributed by atoms with Gasteiger partial charge in [-0.05, 0) is 37.4 Å². The number of likely N-dealkylation sites (tertiary alicyclic amines) is 1. The maximum absolute atomic E-state index is 5.39. The SMILES string of the molecule is COc1cc2nc(CC3CCN(Cc4ccccc4)CC3)[nH]c2cc1OC. The Balaban J connectivity index is 1.37. The van der Waals surface area contributed by atoms with Gasteiger partial charge in [0.25, 0.3) is 0 Å². The van der Waals surface area contributed by atoms with Crippen LogP contribution in [0.1, 0.15) is 24.2 Å². The molecule has 0 radical (unpaired) electrons. The van der Waals surface area contributed by atoms with Gasteiger partial charge in [0.05, 0.1) is 25.3 Å². The van der Waals surface area contributed by atoms with Gasteiger partial charge in [-0.2, -0.15) is 0 Å². The van der Waals surface area contributed by atoms with Gasteiger partial charge in [0.2, 0.25) is 0 Å². The molecular formula is C22H27N3O2. The summed E-state index contributed by atoms with van der Waals surface area (Å²) in [5.74, 6) is 3.19. The Labute approximate surface area is 160 Å². The second-order valence-corrected chi connectivity index (χ2v) is 7.32. The largest absolute Gasteiger partial charge is 0.493 e. The van der Waals surface area contributed by atoms with Crippen molar-refractivity contribution in [2.24, 2.45) is 5.92 Å². The number of aromatic nitrogens is 2. The first-order valence-electron chi connectivity index (χ1n) is 9.62. The van der Waals surface area contributed by atoms with Crippen LogP contribution in [-0.4, -0.2) is 42.2 Å². The van der Waals surface area contributed by atoms with E-state index in [0.29, 0.717) is 5.92 Å². The number of fused-ring (bicyclic) bond motifs is 1. The van der Waals surface area contributed by atoms with Crippen molar-refractivity contribution >= 4 is 11.0 Å². The Hall–Kier alpha value is -2.53. The maximum atomic E-state index is 5.39. The summed E-state index contributed by atoms with van der Waals surface area (Å²) in [6, 6.07) is 14.6. The van der Waals surface area contributed by atoms with Crippen LogP contribution >= 0.6 is 0 Å². The van der Waals surface area contributed by atoms with Gasteiger partial charge in [-0.25, -0.2) is 4.98 Å². The van der Waals surface area contributed by atoms with E-state index in [4.69, 9.17) is 14.5 Å². The number of nitrogens with zero attached hydrogens (tertiary/aromatic N) is 2. The van der Waals surface area contributed by atoms with Crippen LogP contribution in [0, 0.1) is 5.92 Å². The fraction of sp³-hybridized carbons (Fsp3) is 0.409. The third-order valence-electron chi connectivity index (χ3n) is 5.47. The summed E-state index contributed by atoms with van der Waals surface area (Å²) in [4.78, 5) is 10.8. The van der Waals surface area contributed by atoms with Crippen molar-refractivity contribution in [1.29, 1.82) is 0 Å². The standard InChI is InChI=1S/C22H27N3O2/c1-26-20-13-18-19(14-21(20)27-2)24-22(23-18)12-16-8-10-25(11-9-16)15-17-6-4-3-5-7-17/h3-7,13-14,16H,8-12,15H2,1-2H3,(H,23,24). The highest BCUT2D eigenvalue weighted by Crippen LogP contribution is 2.31. The van der Waals surface area contributed by atoms with Crippen molar-refractivity contribution in [1.82, 2.24) is 14.9 Å². The highest BCUT2D eigenvalue weighted by molar-refractivity contribution is 5.79. The normalized spacial score (nSPS) is 15.9. The molecule has 0 saturated carbocycles. The van der Waals surface area contributed by atoms with Crippen molar-refractivity contribution in [3.8, 4) is 11.5 Å². The van der Waals surface area contributed by atoms with Gasteiger partial charge in [0, 0.05) is 25.1 Å². The van der Waals surface area contributed by atoms with Gasteiger partial charge in [0.15, 0.2) is 11.5 Å². The van der Waals surface area contributed by atoms with E-state index in [1.165, 1.54) is 18.4 Å². The second-order valence-electron chi connectivity index (χ2n) is 7.32. The van der Waals surface area contributed by atoms with Crippen LogP contribution < -0.4 is 9.47 Å². The average Bonchev–Trinajstić information content (AvgIpc) is 3.10. The molecular weight excluding hydrogens is 338 g/mol. The number of hydrogen-bond acceptors (Lipinski definition) is 4. The fourth-order valence-electron chi connectivity index (χ4n) is 3.95. The zero-order valence-electron chi connectivity index (χ0n) is 16.1. The summed E-state index contributed by atoms with van der Waals surface area (Å²) >= 11 is 0. The topological polar surface area (TPSA) is 50.4 Å². The Kier molecular flexibility index (Phi) is 5.30. The number of aromatic amines is 1. The molecule has 1 aliphatic rings. The molecule has 142 valence electrons. The molecule has 4 rings (SSSR count). The van der Waals surface area contributed by atoms with Crippen LogP contribution in [-0.2, 0) is 13.0 Å². The predicted octanol–water partition coefficient (Wildman–Crippen LogP) is 4.03. The number of methoxy groups -OCH3 is 2. The summed E-state index contributed by atoms with van der Waals surface area (Å²) in [7, 11) is 3.31. The quantitative estimate of drug-likeness (QED) is 0.716. The number of rotatable bonds is 6. The van der Waals surface area contributed by atoms with Crippen LogP contribution in [0.5, 0.6) is 11.5 Å². The molecule has 0 aliphatic carbocycles. The lowest BCUT2D eigenvalue weighted by Gasteiger charge is -2.31. The molecule has 3 aromatic rings. The molecule has 1 aromatic heterocycles. The highest BCUT2D eigenvalue weighted by Gasteiger charge is 2.21. The molecule has 5 heteroatoms. The minimum atomic E-state index is 0.682. The number of hydrogen-bond donors (Lipinski definition) is 1. The molecule has 2 heterocycles. The molecule has 27 heavy (non-hydrogen) atoms. The summed E-state index contributed by atoms with van der Waals surface area (Å²) in [5, 5.41) is 0. The number of piperidine rings is 1. The number of benzene rings is 2. The van der Waals surface area contributed by atoms with E-state index in [9.17, 15) is 0 Å². The van der Waals surface area contributed by atoms with Crippen LogP contribution in [0.15, 0.2) is 42.5 Å². The Morgan fingerprint density at radius 3 is 2.44 bits per heavy atom. The molecule has 5 nitrogen and oxygen atoms in total. The Morgan fingerprint density at radius 2 is 1.74 bits per heavy atom. The summed E-state index contributed by atoms with van der Waals surface area (Å²) in [5.41, 5.74) is 3.34. The monoisotopic (exact) mass is 365 g/mol. The minimum Gasteiger partial charge on any atom is -0.493 e. The fourth-order valence-corrected chi connectivity index (χ4v) is 3.95. The van der Waals surface area contributed by atoms with E-state index in [2.05, 4.69) is 40.2 Å². The molecule has 2 aromatic carbocycles. The van der Waals surface area contributed by atoms with Gasteiger partial charge < -0.3 is 14.5 Å². The number of H-pyrrole nitrogens is 1. The lowest BCUT2D eigenvalue weighted by atomic mass is 9.93. The van der Waals surface area contributed by atoms with Crippen molar-refractivity contribution in [2.75, 3.05) is 27.3 Å². The highest BCUT2D eigenvalue weighted by atomic mass is 16.5. The molecule has 0 amide bonds. The van der Waals surface area contributed by atoms with Crippen LogP contribution in [0.25, 0.3) is 11.0 Å². The third-order valence-corrected chi connectivity index (χ3v) is 5.47. The first kappa shape index (κ1) is 17.9. The molecule has 0 atom stereocenters. The van der Waals surface area contributed by atoms with E-state index < -0.39 is 0 Å². The van der Waals surface area contributed by atoms with Crippen LogP contribution in [0.2, 0.25) is 0 Å². The Morgan fingerprint density at radius 1 is 1.04 bits per heavy atom. The Bertz CT molecular complexity index is 842. The molecule has 0 spiro atoms. The van der Waals surface area contributed by atoms with Gasteiger partial charge in [0.1, 0.15) is 5.82 Å². The van der Waals surface area contributed by atoms with Crippen molar-refractivity contribution in [3.05, 3.63) is 53.9 Å². The van der Waals surface area contributed by atoms with Gasteiger partial charge in [-0.3, -0.25) is 4.90 Å². The minimum absolute atomic E-state index is 0.682. The van der Waals surface area contributed by atoms with E-state index in [1.54, 1.807) is 14.2 Å². The lowest BCUT2D eigenvalue weighted by molar-refractivity contribution is 0.176. The van der Waals surface area contributed by atoms with Gasteiger partial charge in [-0.1, -0.05) is 30.3 Å². The first-order valence-corrected chi connectivity index (χ1v) is 9.62.